The monoisotopic (exact) mass is 253 g/mol. The molecule has 0 aliphatic carbocycles. The molecule has 0 saturated heterocycles. The fraction of sp³-hybridized carbons (Fsp3) is 0.500. The molecule has 0 atom stereocenters. The maximum atomic E-state index is 4.34. The largest absolute Gasteiger partial charge is 0.245 e. The summed E-state index contributed by atoms with van der Waals surface area (Å²) in [5.74, 6) is 0. The highest BCUT2D eigenvalue weighted by Crippen LogP contribution is 2.18. The average Bonchev–Trinajstić information content (AvgIpc) is 2.10. The molecule has 0 amide bonds. The molecule has 0 aliphatic rings. The molecule has 0 N–H and O–H groups in total. The second kappa shape index (κ2) is 2.96. The number of thiazole rings is 1. The SMILES string of the molecule is Cc1nc(CI)c(C)s1. The third kappa shape index (κ3) is 1.64. The summed E-state index contributed by atoms with van der Waals surface area (Å²) in [6.07, 6.45) is 0. The Morgan fingerprint density at radius 1 is 1.56 bits per heavy atom. The summed E-state index contributed by atoms with van der Waals surface area (Å²) in [5.41, 5.74) is 1.25. The fourth-order valence-electron chi connectivity index (χ4n) is 0.696. The summed E-state index contributed by atoms with van der Waals surface area (Å²) in [6, 6.07) is 0. The highest BCUT2D eigenvalue weighted by molar-refractivity contribution is 14.1. The van der Waals surface area contributed by atoms with Gasteiger partial charge >= 0.3 is 0 Å². The predicted molar refractivity (Wildman–Crippen MR) is 49.3 cm³/mol. The van der Waals surface area contributed by atoms with Crippen molar-refractivity contribution in [2.45, 2.75) is 18.3 Å². The Hall–Kier alpha value is 0.360. The van der Waals surface area contributed by atoms with Crippen LogP contribution in [0.15, 0.2) is 0 Å². The van der Waals surface area contributed by atoms with Gasteiger partial charge in [-0.25, -0.2) is 4.98 Å². The van der Waals surface area contributed by atoms with Gasteiger partial charge in [0.1, 0.15) is 0 Å². The number of aromatic nitrogens is 1. The number of rotatable bonds is 1. The second-order valence-corrected chi connectivity index (χ2v) is 4.04. The predicted octanol–water partition coefficient (Wildman–Crippen LogP) is 2.69. The Labute approximate surface area is 72.6 Å². The van der Waals surface area contributed by atoms with E-state index in [9.17, 15) is 0 Å². The van der Waals surface area contributed by atoms with Crippen LogP contribution in [0.5, 0.6) is 0 Å². The standard InChI is InChI=1S/C6H8INS/c1-4-6(3-7)8-5(2)9-4/h3H2,1-2H3. The molecule has 0 spiro atoms. The van der Waals surface area contributed by atoms with Crippen molar-refractivity contribution in [2.24, 2.45) is 0 Å². The summed E-state index contributed by atoms with van der Waals surface area (Å²) in [7, 11) is 0. The minimum absolute atomic E-state index is 1.04. The molecule has 0 radical (unpaired) electrons. The first kappa shape index (κ1) is 7.47. The number of nitrogens with zero attached hydrogens (tertiary/aromatic N) is 1. The van der Waals surface area contributed by atoms with Crippen LogP contribution < -0.4 is 0 Å². The van der Waals surface area contributed by atoms with Crippen molar-refractivity contribution in [3.8, 4) is 0 Å². The molecule has 0 saturated carbocycles. The second-order valence-electron chi connectivity index (χ2n) is 1.87. The summed E-state index contributed by atoms with van der Waals surface area (Å²) in [6.45, 7) is 4.17. The van der Waals surface area contributed by atoms with E-state index in [-0.39, 0.29) is 0 Å². The number of hydrogen-bond donors (Lipinski definition) is 0. The van der Waals surface area contributed by atoms with Gasteiger partial charge in [-0.3, -0.25) is 0 Å². The molecule has 1 rings (SSSR count). The molecule has 0 unspecified atom stereocenters. The van der Waals surface area contributed by atoms with Crippen LogP contribution in [0.4, 0.5) is 0 Å². The van der Waals surface area contributed by atoms with Gasteiger partial charge in [-0.05, 0) is 13.8 Å². The minimum Gasteiger partial charge on any atom is -0.245 e. The van der Waals surface area contributed by atoms with Gasteiger partial charge < -0.3 is 0 Å². The lowest BCUT2D eigenvalue weighted by Gasteiger charge is -1.84. The van der Waals surface area contributed by atoms with Gasteiger partial charge in [0.25, 0.3) is 0 Å². The van der Waals surface area contributed by atoms with Crippen LogP contribution in [0.25, 0.3) is 0 Å². The fourth-order valence-corrected chi connectivity index (χ4v) is 2.53. The Balaban J connectivity index is 3.01. The van der Waals surface area contributed by atoms with Crippen molar-refractivity contribution in [2.75, 3.05) is 0 Å². The summed E-state index contributed by atoms with van der Waals surface area (Å²) < 4.78 is 1.04. The first-order chi connectivity index (χ1) is 4.24. The lowest BCUT2D eigenvalue weighted by atomic mass is 10.4. The summed E-state index contributed by atoms with van der Waals surface area (Å²) >= 11 is 4.11. The molecular formula is C6H8INS. The highest BCUT2D eigenvalue weighted by atomic mass is 127. The molecule has 1 aromatic rings. The molecule has 9 heavy (non-hydrogen) atoms. The van der Waals surface area contributed by atoms with E-state index in [1.165, 1.54) is 15.6 Å². The van der Waals surface area contributed by atoms with E-state index in [2.05, 4.69) is 34.5 Å². The molecule has 1 aromatic heterocycles. The van der Waals surface area contributed by atoms with Crippen molar-refractivity contribution in [1.29, 1.82) is 0 Å². The van der Waals surface area contributed by atoms with Crippen LogP contribution >= 0.6 is 33.9 Å². The zero-order valence-electron chi connectivity index (χ0n) is 5.44. The van der Waals surface area contributed by atoms with Crippen molar-refractivity contribution >= 4 is 33.9 Å². The molecule has 50 valence electrons. The topological polar surface area (TPSA) is 12.9 Å². The lowest BCUT2D eigenvalue weighted by molar-refractivity contribution is 1.17. The van der Waals surface area contributed by atoms with E-state index < -0.39 is 0 Å². The average molecular weight is 253 g/mol. The third-order valence-corrected chi connectivity index (χ3v) is 2.78. The molecular weight excluding hydrogens is 245 g/mol. The van der Waals surface area contributed by atoms with Gasteiger partial charge in [-0.2, -0.15) is 0 Å². The quantitative estimate of drug-likeness (QED) is 0.554. The smallest absolute Gasteiger partial charge is 0.0900 e. The van der Waals surface area contributed by atoms with Gasteiger partial charge in [0, 0.05) is 9.30 Å². The van der Waals surface area contributed by atoms with Gasteiger partial charge in [0.15, 0.2) is 0 Å². The first-order valence-corrected chi connectivity index (χ1v) is 5.07. The summed E-state index contributed by atoms with van der Waals surface area (Å²) in [4.78, 5) is 5.70. The van der Waals surface area contributed by atoms with E-state index in [0.29, 0.717) is 0 Å². The highest BCUT2D eigenvalue weighted by Gasteiger charge is 2.00. The zero-order valence-corrected chi connectivity index (χ0v) is 8.41. The van der Waals surface area contributed by atoms with Crippen molar-refractivity contribution in [3.05, 3.63) is 15.6 Å². The van der Waals surface area contributed by atoms with Crippen LogP contribution in [0.1, 0.15) is 15.6 Å². The molecule has 0 fully saturated rings. The molecule has 0 bridgehead atoms. The number of hydrogen-bond acceptors (Lipinski definition) is 2. The Kier molecular flexibility index (Phi) is 2.46. The molecule has 0 aromatic carbocycles. The van der Waals surface area contributed by atoms with Crippen LogP contribution in [0.2, 0.25) is 0 Å². The Morgan fingerprint density at radius 2 is 2.22 bits per heavy atom. The molecule has 0 aliphatic heterocycles. The minimum atomic E-state index is 1.04. The maximum absolute atomic E-state index is 4.34. The first-order valence-electron chi connectivity index (χ1n) is 2.73. The third-order valence-electron chi connectivity index (χ3n) is 1.13. The van der Waals surface area contributed by atoms with Crippen LogP contribution in [-0.2, 0) is 4.43 Å². The number of aryl methyl sites for hydroxylation is 2. The normalized spacial score (nSPS) is 10.1. The lowest BCUT2D eigenvalue weighted by Crippen LogP contribution is -1.78. The number of alkyl halides is 1. The maximum Gasteiger partial charge on any atom is 0.0900 e. The van der Waals surface area contributed by atoms with E-state index in [1.54, 1.807) is 11.3 Å². The summed E-state index contributed by atoms with van der Waals surface area (Å²) in [5, 5.41) is 1.18. The van der Waals surface area contributed by atoms with Crippen LogP contribution in [-0.4, -0.2) is 4.98 Å². The molecule has 3 heteroatoms. The van der Waals surface area contributed by atoms with Gasteiger partial charge in [0.2, 0.25) is 0 Å². The van der Waals surface area contributed by atoms with Crippen molar-refractivity contribution < 1.29 is 0 Å². The van der Waals surface area contributed by atoms with Crippen LogP contribution in [0.3, 0.4) is 0 Å². The number of halogens is 1. The van der Waals surface area contributed by atoms with Gasteiger partial charge in [0.05, 0.1) is 10.7 Å². The van der Waals surface area contributed by atoms with E-state index in [4.69, 9.17) is 0 Å². The molecule has 1 nitrogen and oxygen atoms in total. The van der Waals surface area contributed by atoms with Crippen molar-refractivity contribution in [1.82, 2.24) is 4.98 Å². The van der Waals surface area contributed by atoms with E-state index in [1.807, 2.05) is 6.92 Å². The van der Waals surface area contributed by atoms with E-state index >= 15 is 0 Å². The Morgan fingerprint density at radius 3 is 2.44 bits per heavy atom. The van der Waals surface area contributed by atoms with Gasteiger partial charge in [-0.15, -0.1) is 11.3 Å². The van der Waals surface area contributed by atoms with Crippen molar-refractivity contribution in [3.63, 3.8) is 0 Å². The molecule has 1 heterocycles. The van der Waals surface area contributed by atoms with E-state index in [0.717, 1.165) is 4.43 Å². The van der Waals surface area contributed by atoms with Gasteiger partial charge in [-0.1, -0.05) is 22.6 Å². The zero-order chi connectivity index (χ0) is 6.85. The van der Waals surface area contributed by atoms with Crippen LogP contribution in [0, 0.1) is 13.8 Å². The Bertz CT molecular complexity index is 207.